The van der Waals surface area contributed by atoms with Gasteiger partial charge >= 0.3 is 0 Å². The number of nitrogens with one attached hydrogen (secondary N) is 2. The minimum Gasteiger partial charge on any atom is -0.301 e. The zero-order valence-corrected chi connectivity index (χ0v) is 11.6. The van der Waals surface area contributed by atoms with E-state index in [0.717, 1.165) is 11.8 Å². The highest BCUT2D eigenvalue weighted by Gasteiger charge is 2.29. The third-order valence-electron chi connectivity index (χ3n) is 2.39. The second-order valence-corrected chi connectivity index (χ2v) is 5.61. The zero-order valence-electron chi connectivity index (χ0n) is 9.94. The smallest absolute Gasteiger partial charge is 0.258 e. The van der Waals surface area contributed by atoms with E-state index in [0.29, 0.717) is 15.9 Å². The van der Waals surface area contributed by atoms with Crippen LogP contribution in [0, 0.1) is 0 Å². The van der Waals surface area contributed by atoms with Crippen LogP contribution in [0.4, 0.5) is 5.13 Å². The van der Waals surface area contributed by atoms with E-state index in [4.69, 9.17) is 0 Å². The van der Waals surface area contributed by atoms with Gasteiger partial charge in [-0.2, -0.15) is 10.2 Å². The lowest BCUT2D eigenvalue weighted by molar-refractivity contribution is -0.116. The molecule has 1 aromatic rings. The number of hydrogen-bond acceptors (Lipinski definition) is 8. The van der Waals surface area contributed by atoms with Gasteiger partial charge in [0.05, 0.1) is 17.5 Å². The lowest BCUT2D eigenvalue weighted by Gasteiger charge is -2.16. The molecule has 0 saturated heterocycles. The van der Waals surface area contributed by atoms with Crippen LogP contribution in [0.1, 0.15) is 0 Å². The molecule has 2 N–H and O–H groups in total. The van der Waals surface area contributed by atoms with Gasteiger partial charge in [-0.25, -0.2) is 9.98 Å². The average Bonchev–Trinajstić information content (AvgIpc) is 3.07. The molecular weight excluding hydrogens is 300 g/mol. The highest BCUT2D eigenvalue weighted by atomic mass is 32.2. The molecule has 20 heavy (non-hydrogen) atoms. The summed E-state index contributed by atoms with van der Waals surface area (Å²) in [7, 11) is 0. The molecule has 1 aromatic heterocycles. The van der Waals surface area contributed by atoms with E-state index in [1.54, 1.807) is 11.6 Å². The zero-order chi connectivity index (χ0) is 13.9. The van der Waals surface area contributed by atoms with Crippen molar-refractivity contribution in [2.75, 3.05) is 11.1 Å². The highest BCUT2D eigenvalue weighted by Crippen LogP contribution is 2.22. The number of amides is 2. The van der Waals surface area contributed by atoms with Crippen LogP contribution in [0.15, 0.2) is 38.6 Å². The number of thioether (sulfide) groups is 1. The van der Waals surface area contributed by atoms with Crippen LogP contribution in [0.3, 0.4) is 0 Å². The van der Waals surface area contributed by atoms with Crippen molar-refractivity contribution in [1.82, 2.24) is 10.3 Å². The Morgan fingerprint density at radius 3 is 3.25 bits per heavy atom. The third kappa shape index (κ3) is 2.75. The molecule has 3 heterocycles. The lowest BCUT2D eigenvalue weighted by Crippen LogP contribution is -2.38. The number of rotatable bonds is 3. The van der Waals surface area contributed by atoms with Crippen molar-refractivity contribution < 1.29 is 9.59 Å². The van der Waals surface area contributed by atoms with Gasteiger partial charge in [-0.05, 0) is 0 Å². The standard InChI is InChI=1S/C10H8N6O2S2/c17-6(13-9-11-1-2-19-9)4-20-10-14-7-5(3-12-16-7)8(18)15-10/h1-3,7H,4H2,(H,11,13,17)(H,14,15,18). The summed E-state index contributed by atoms with van der Waals surface area (Å²) in [5.41, 5.74) is 0.418. The summed E-state index contributed by atoms with van der Waals surface area (Å²) in [5, 5.41) is 15.4. The Morgan fingerprint density at radius 1 is 1.55 bits per heavy atom. The number of thiazole rings is 1. The Morgan fingerprint density at radius 2 is 2.45 bits per heavy atom. The van der Waals surface area contributed by atoms with Crippen molar-refractivity contribution >= 4 is 45.2 Å². The van der Waals surface area contributed by atoms with Crippen LogP contribution in [0.25, 0.3) is 0 Å². The number of nitrogens with zero attached hydrogens (tertiary/aromatic N) is 4. The lowest BCUT2D eigenvalue weighted by atomic mass is 10.2. The van der Waals surface area contributed by atoms with E-state index in [1.807, 2.05) is 0 Å². The van der Waals surface area contributed by atoms with E-state index in [2.05, 4.69) is 30.8 Å². The molecule has 2 amide bonds. The van der Waals surface area contributed by atoms with Crippen LogP contribution >= 0.6 is 23.1 Å². The van der Waals surface area contributed by atoms with Crippen LogP contribution in [-0.2, 0) is 9.59 Å². The molecule has 1 unspecified atom stereocenters. The molecule has 0 fully saturated rings. The molecule has 0 saturated carbocycles. The molecule has 2 aliphatic rings. The summed E-state index contributed by atoms with van der Waals surface area (Å²) in [6, 6.07) is 0. The number of anilines is 1. The van der Waals surface area contributed by atoms with Crippen molar-refractivity contribution in [3.8, 4) is 0 Å². The Balaban J connectivity index is 1.56. The van der Waals surface area contributed by atoms with Crippen molar-refractivity contribution in [2.45, 2.75) is 6.17 Å². The van der Waals surface area contributed by atoms with Crippen molar-refractivity contribution in [2.24, 2.45) is 15.2 Å². The van der Waals surface area contributed by atoms with Crippen molar-refractivity contribution in [3.63, 3.8) is 0 Å². The SMILES string of the molecule is O=C(CSC1=NC2N=NC=C2C(=O)N1)Nc1nccs1. The molecule has 10 heteroatoms. The number of aromatic nitrogens is 1. The predicted molar refractivity (Wildman–Crippen MR) is 75.5 cm³/mol. The van der Waals surface area contributed by atoms with E-state index in [1.165, 1.54) is 17.5 Å². The van der Waals surface area contributed by atoms with Crippen LogP contribution in [-0.4, -0.2) is 33.9 Å². The first-order valence-corrected chi connectivity index (χ1v) is 7.40. The quantitative estimate of drug-likeness (QED) is 0.867. The van der Waals surface area contributed by atoms with Gasteiger partial charge in [0.25, 0.3) is 5.91 Å². The Hall–Kier alpha value is -2.07. The van der Waals surface area contributed by atoms with Crippen LogP contribution < -0.4 is 10.6 Å². The number of fused-ring (bicyclic) bond motifs is 1. The maximum Gasteiger partial charge on any atom is 0.258 e. The molecule has 2 aliphatic heterocycles. The summed E-state index contributed by atoms with van der Waals surface area (Å²) < 4.78 is 0. The summed E-state index contributed by atoms with van der Waals surface area (Å²) in [4.78, 5) is 31.5. The molecule has 1 atom stereocenters. The number of carbonyl (C=O) groups excluding carboxylic acids is 2. The predicted octanol–water partition coefficient (Wildman–Crippen LogP) is 0.976. The Bertz CT molecular complexity index is 636. The molecule has 0 spiro atoms. The fourth-order valence-corrected chi connectivity index (χ4v) is 2.74. The number of hydrogen-bond donors (Lipinski definition) is 2. The molecule has 8 nitrogen and oxygen atoms in total. The number of aliphatic imine (C=N–C) groups is 1. The Kier molecular flexibility index (Phi) is 3.56. The van der Waals surface area contributed by atoms with Crippen molar-refractivity contribution in [1.29, 1.82) is 0 Å². The summed E-state index contributed by atoms with van der Waals surface area (Å²) >= 11 is 2.47. The average molecular weight is 308 g/mol. The van der Waals surface area contributed by atoms with Gasteiger partial charge in [-0.1, -0.05) is 11.8 Å². The first-order valence-electron chi connectivity index (χ1n) is 5.54. The topological polar surface area (TPSA) is 108 Å². The van der Waals surface area contributed by atoms with Gasteiger partial charge in [-0.15, -0.1) is 11.3 Å². The maximum atomic E-state index is 11.7. The molecule has 0 aromatic carbocycles. The number of azo groups is 1. The molecule has 3 rings (SSSR count). The van der Waals surface area contributed by atoms with Crippen molar-refractivity contribution in [3.05, 3.63) is 23.3 Å². The minimum atomic E-state index is -0.576. The second-order valence-electron chi connectivity index (χ2n) is 3.75. The summed E-state index contributed by atoms with van der Waals surface area (Å²) in [5.74, 6) is -0.365. The first-order chi connectivity index (χ1) is 9.72. The van der Waals surface area contributed by atoms with Gasteiger partial charge in [-0.3, -0.25) is 9.59 Å². The van der Waals surface area contributed by atoms with Crippen LogP contribution in [0.2, 0.25) is 0 Å². The second kappa shape index (κ2) is 5.51. The van der Waals surface area contributed by atoms with E-state index in [-0.39, 0.29) is 17.6 Å². The molecule has 102 valence electrons. The fourth-order valence-electron chi connectivity index (χ4n) is 1.52. The highest BCUT2D eigenvalue weighted by molar-refractivity contribution is 8.14. The normalized spacial score (nSPS) is 20.0. The summed E-state index contributed by atoms with van der Waals surface area (Å²) in [6.45, 7) is 0. The number of amidine groups is 1. The monoisotopic (exact) mass is 308 g/mol. The van der Waals surface area contributed by atoms with E-state index >= 15 is 0 Å². The molecule has 0 bridgehead atoms. The largest absolute Gasteiger partial charge is 0.301 e. The maximum absolute atomic E-state index is 11.7. The van der Waals surface area contributed by atoms with Gasteiger partial charge in [0.2, 0.25) is 5.91 Å². The van der Waals surface area contributed by atoms with E-state index in [9.17, 15) is 9.59 Å². The first kappa shape index (κ1) is 12.9. The molecule has 0 radical (unpaired) electrons. The van der Waals surface area contributed by atoms with Crippen LogP contribution in [0.5, 0.6) is 0 Å². The van der Waals surface area contributed by atoms with Gasteiger partial charge < -0.3 is 10.6 Å². The van der Waals surface area contributed by atoms with Gasteiger partial charge in [0.1, 0.15) is 0 Å². The minimum absolute atomic E-state index is 0.127. The van der Waals surface area contributed by atoms with E-state index < -0.39 is 6.17 Å². The summed E-state index contributed by atoms with van der Waals surface area (Å²) in [6.07, 6.45) is 2.42. The third-order valence-corrected chi connectivity index (χ3v) is 3.97. The Labute approximate surface area is 121 Å². The number of carbonyl (C=O) groups is 2. The molecule has 0 aliphatic carbocycles. The van der Waals surface area contributed by atoms with Gasteiger partial charge in [0, 0.05) is 11.6 Å². The fraction of sp³-hybridized carbons (Fsp3) is 0.200. The van der Waals surface area contributed by atoms with Gasteiger partial charge in [0.15, 0.2) is 16.5 Å². The molecular formula is C10H8N6O2S2.